The Hall–Kier alpha value is -4.62. The number of fused-ring (bicyclic) bond motifs is 1. The summed E-state index contributed by atoms with van der Waals surface area (Å²) >= 11 is 0. The zero-order valence-corrected chi connectivity index (χ0v) is 20.0. The molecule has 0 radical (unpaired) electrons. The number of nitrogens with zero attached hydrogens (tertiary/aromatic N) is 1. The Morgan fingerprint density at radius 2 is 1.54 bits per heavy atom. The van der Waals surface area contributed by atoms with Crippen molar-refractivity contribution in [1.29, 1.82) is 0 Å². The summed E-state index contributed by atoms with van der Waals surface area (Å²) in [5, 5.41) is 22.2. The van der Waals surface area contributed by atoms with Gasteiger partial charge in [0.15, 0.2) is 5.72 Å². The van der Waals surface area contributed by atoms with Gasteiger partial charge >= 0.3 is 0 Å². The van der Waals surface area contributed by atoms with E-state index in [1.54, 1.807) is 11.0 Å². The Morgan fingerprint density at radius 1 is 0.865 bits per heavy atom. The third-order valence-electron chi connectivity index (χ3n) is 6.42. The molecular formula is C30H26N2O5. The second kappa shape index (κ2) is 10.2. The first-order valence-electron chi connectivity index (χ1n) is 12.0. The summed E-state index contributed by atoms with van der Waals surface area (Å²) in [5.41, 5.74) is 1.92. The number of aromatic hydroxyl groups is 2. The van der Waals surface area contributed by atoms with Crippen molar-refractivity contribution < 1.29 is 24.5 Å². The van der Waals surface area contributed by atoms with Gasteiger partial charge in [0.2, 0.25) is 0 Å². The topological polar surface area (TPSA) is 99.1 Å². The Labute approximate surface area is 214 Å². The molecule has 3 N–H and O–H groups in total. The number of ether oxygens (including phenoxy) is 1. The summed E-state index contributed by atoms with van der Waals surface area (Å²) < 4.78 is 6.58. The third kappa shape index (κ3) is 4.52. The fourth-order valence-corrected chi connectivity index (χ4v) is 4.73. The van der Waals surface area contributed by atoms with Crippen molar-refractivity contribution in [2.75, 3.05) is 13.2 Å². The Morgan fingerprint density at radius 3 is 2.27 bits per heavy atom. The minimum atomic E-state index is -1.20. The van der Waals surface area contributed by atoms with Gasteiger partial charge in [0.05, 0.1) is 12.2 Å². The normalized spacial score (nSPS) is 16.4. The van der Waals surface area contributed by atoms with E-state index >= 15 is 0 Å². The average molecular weight is 495 g/mol. The quantitative estimate of drug-likeness (QED) is 0.315. The van der Waals surface area contributed by atoms with Gasteiger partial charge in [-0.25, -0.2) is 0 Å². The zero-order chi connectivity index (χ0) is 25.8. The van der Waals surface area contributed by atoms with Crippen LogP contribution in [0.2, 0.25) is 0 Å². The maximum Gasteiger partial charge on any atom is 0.257 e. The molecule has 5 rings (SSSR count). The number of phenolic OH excluding ortho intramolecular Hbond substituents is 2. The molecule has 4 aromatic carbocycles. The Bertz CT molecular complexity index is 1420. The first kappa shape index (κ1) is 24.1. The number of nitrogens with one attached hydrogen (secondary N) is 1. The molecule has 186 valence electrons. The van der Waals surface area contributed by atoms with Crippen molar-refractivity contribution in [3.8, 4) is 11.5 Å². The van der Waals surface area contributed by atoms with E-state index < -0.39 is 11.6 Å². The molecule has 0 aliphatic carbocycles. The lowest BCUT2D eigenvalue weighted by Crippen LogP contribution is -2.47. The van der Waals surface area contributed by atoms with Crippen molar-refractivity contribution in [1.82, 2.24) is 10.2 Å². The summed E-state index contributed by atoms with van der Waals surface area (Å²) in [5.74, 6) is -1.09. The highest BCUT2D eigenvalue weighted by Gasteiger charge is 2.52. The molecule has 0 spiro atoms. The SMILES string of the molecule is O=C(NCCOC1(c2ccccc2)c2ccccc2C(=O)N1Cc1ccccc1)c1ccc(O)cc1O. The number of carbonyl (C=O) groups excluding carboxylic acids is 2. The molecule has 0 saturated carbocycles. The molecule has 2 amide bonds. The van der Waals surface area contributed by atoms with E-state index in [9.17, 15) is 19.8 Å². The lowest BCUT2D eigenvalue weighted by Gasteiger charge is -2.39. The van der Waals surface area contributed by atoms with Crippen molar-refractivity contribution in [2.45, 2.75) is 12.3 Å². The molecule has 0 fully saturated rings. The first-order valence-corrected chi connectivity index (χ1v) is 12.0. The van der Waals surface area contributed by atoms with E-state index in [4.69, 9.17) is 4.74 Å². The van der Waals surface area contributed by atoms with Crippen LogP contribution in [0.25, 0.3) is 0 Å². The van der Waals surface area contributed by atoms with Crippen molar-refractivity contribution in [3.05, 3.63) is 131 Å². The average Bonchev–Trinajstić information content (AvgIpc) is 3.16. The summed E-state index contributed by atoms with van der Waals surface area (Å²) in [7, 11) is 0. The highest BCUT2D eigenvalue weighted by Crippen LogP contribution is 2.46. The number of carbonyl (C=O) groups is 2. The fraction of sp³-hybridized carbons (Fsp3) is 0.133. The number of hydrogen-bond acceptors (Lipinski definition) is 5. The third-order valence-corrected chi connectivity index (χ3v) is 6.42. The molecular weight excluding hydrogens is 468 g/mol. The molecule has 0 saturated heterocycles. The van der Waals surface area contributed by atoms with Gasteiger partial charge in [0.1, 0.15) is 11.5 Å². The monoisotopic (exact) mass is 494 g/mol. The minimum absolute atomic E-state index is 0.0441. The molecule has 0 bridgehead atoms. The standard InChI is InChI=1S/C30H26N2O5/c33-23-15-16-25(27(34)19-23)28(35)31-17-18-37-30(22-11-5-2-6-12-22)26-14-8-7-13-24(26)29(36)32(30)20-21-9-3-1-4-10-21/h1-16,19,33-34H,17-18,20H2,(H,31,35). The lowest BCUT2D eigenvalue weighted by molar-refractivity contribution is -0.109. The van der Waals surface area contributed by atoms with Crippen LogP contribution in [0.3, 0.4) is 0 Å². The summed E-state index contributed by atoms with van der Waals surface area (Å²) in [6.45, 7) is 0.548. The molecule has 1 aliphatic rings. The van der Waals surface area contributed by atoms with Gasteiger partial charge in [-0.2, -0.15) is 0 Å². The van der Waals surface area contributed by atoms with Gasteiger partial charge in [0.25, 0.3) is 11.8 Å². The van der Waals surface area contributed by atoms with Gasteiger partial charge in [-0.15, -0.1) is 0 Å². The van der Waals surface area contributed by atoms with E-state index in [-0.39, 0.29) is 36.1 Å². The number of rotatable bonds is 8. The number of hydrogen-bond donors (Lipinski definition) is 3. The highest BCUT2D eigenvalue weighted by molar-refractivity contribution is 6.00. The summed E-state index contributed by atoms with van der Waals surface area (Å²) in [4.78, 5) is 28.0. The van der Waals surface area contributed by atoms with E-state index in [1.165, 1.54) is 12.1 Å². The smallest absolute Gasteiger partial charge is 0.257 e. The van der Waals surface area contributed by atoms with Crippen LogP contribution in [0, 0.1) is 0 Å². The Balaban J connectivity index is 1.46. The van der Waals surface area contributed by atoms with Crippen LogP contribution >= 0.6 is 0 Å². The maximum absolute atomic E-state index is 13.7. The summed E-state index contributed by atoms with van der Waals surface area (Å²) in [6.07, 6.45) is 0. The highest BCUT2D eigenvalue weighted by atomic mass is 16.5. The van der Waals surface area contributed by atoms with Gasteiger partial charge in [-0.05, 0) is 23.8 Å². The van der Waals surface area contributed by atoms with Crippen molar-refractivity contribution >= 4 is 11.8 Å². The molecule has 7 heteroatoms. The zero-order valence-electron chi connectivity index (χ0n) is 20.0. The number of amides is 2. The van der Waals surface area contributed by atoms with Crippen LogP contribution in [-0.4, -0.2) is 40.1 Å². The number of benzene rings is 4. The predicted molar refractivity (Wildman–Crippen MR) is 138 cm³/mol. The largest absolute Gasteiger partial charge is 0.508 e. The second-order valence-electron chi connectivity index (χ2n) is 8.74. The molecule has 0 aromatic heterocycles. The molecule has 1 aliphatic heterocycles. The molecule has 7 nitrogen and oxygen atoms in total. The van der Waals surface area contributed by atoms with Crippen LogP contribution in [-0.2, 0) is 17.0 Å². The Kier molecular flexibility index (Phi) is 6.62. The van der Waals surface area contributed by atoms with Crippen LogP contribution in [0.5, 0.6) is 11.5 Å². The van der Waals surface area contributed by atoms with Gasteiger partial charge in [-0.1, -0.05) is 78.9 Å². The first-order chi connectivity index (χ1) is 18.0. The fourth-order valence-electron chi connectivity index (χ4n) is 4.73. The number of phenols is 2. The molecule has 1 heterocycles. The van der Waals surface area contributed by atoms with Crippen LogP contribution in [0.1, 0.15) is 37.4 Å². The van der Waals surface area contributed by atoms with Gasteiger partial charge in [0, 0.05) is 35.8 Å². The van der Waals surface area contributed by atoms with Crippen LogP contribution in [0.15, 0.2) is 103 Å². The minimum Gasteiger partial charge on any atom is -0.508 e. The predicted octanol–water partition coefficient (Wildman–Crippen LogP) is 4.40. The lowest BCUT2D eigenvalue weighted by atomic mass is 9.93. The van der Waals surface area contributed by atoms with Crippen molar-refractivity contribution in [3.63, 3.8) is 0 Å². The van der Waals surface area contributed by atoms with E-state index in [0.717, 1.165) is 22.8 Å². The maximum atomic E-state index is 13.7. The van der Waals surface area contributed by atoms with E-state index in [1.807, 2.05) is 78.9 Å². The van der Waals surface area contributed by atoms with E-state index in [0.29, 0.717) is 12.1 Å². The second-order valence-corrected chi connectivity index (χ2v) is 8.74. The molecule has 37 heavy (non-hydrogen) atoms. The van der Waals surface area contributed by atoms with Gasteiger partial charge in [-0.3, -0.25) is 14.5 Å². The van der Waals surface area contributed by atoms with Crippen LogP contribution in [0.4, 0.5) is 0 Å². The molecule has 4 aromatic rings. The van der Waals surface area contributed by atoms with E-state index in [2.05, 4.69) is 5.32 Å². The van der Waals surface area contributed by atoms with Crippen LogP contribution < -0.4 is 5.32 Å². The van der Waals surface area contributed by atoms with Crippen molar-refractivity contribution in [2.24, 2.45) is 0 Å². The van der Waals surface area contributed by atoms with Gasteiger partial charge < -0.3 is 20.3 Å². The molecule has 1 unspecified atom stereocenters. The summed E-state index contributed by atoms with van der Waals surface area (Å²) in [6, 6.07) is 30.5. The molecule has 1 atom stereocenters.